The number of hydrogen-bond donors (Lipinski definition) is 1. The highest BCUT2D eigenvalue weighted by molar-refractivity contribution is 6.42. The highest BCUT2D eigenvalue weighted by atomic mass is 35.5. The summed E-state index contributed by atoms with van der Waals surface area (Å²) >= 11 is 18.3. The number of anilines is 1. The average molecular weight is 546 g/mol. The quantitative estimate of drug-likeness (QED) is 0.144. The van der Waals surface area contributed by atoms with Crippen molar-refractivity contribution in [1.29, 1.82) is 5.26 Å². The molecule has 184 valence electrons. The second kappa shape index (κ2) is 12.3. The number of esters is 1. The third-order valence-electron chi connectivity index (χ3n) is 4.71. The number of carbonyl (C=O) groups is 2. The highest BCUT2D eigenvalue weighted by Gasteiger charge is 2.19. The molecule has 0 spiro atoms. The minimum absolute atomic E-state index is 0.00949. The lowest BCUT2D eigenvalue weighted by molar-refractivity contribution is -0.112. The smallest absolute Gasteiger partial charge is 0.343 e. The Morgan fingerprint density at radius 1 is 1.00 bits per heavy atom. The van der Waals surface area contributed by atoms with E-state index in [1.807, 2.05) is 6.07 Å². The summed E-state index contributed by atoms with van der Waals surface area (Å²) in [7, 11) is 1.52. The lowest BCUT2D eigenvalue weighted by Gasteiger charge is -2.14. The van der Waals surface area contributed by atoms with Crippen LogP contribution in [-0.4, -0.2) is 25.6 Å². The molecule has 0 unspecified atom stereocenters. The van der Waals surface area contributed by atoms with Crippen LogP contribution < -0.4 is 19.5 Å². The predicted octanol–water partition coefficient (Wildman–Crippen LogP) is 6.82. The molecule has 0 heterocycles. The van der Waals surface area contributed by atoms with Crippen LogP contribution in [0.1, 0.15) is 22.8 Å². The number of nitrogens with zero attached hydrogens (tertiary/aromatic N) is 1. The SMILES string of the molecule is CCOc1cc(/C=C(\C#N)C(=O)Nc2ccc(Cl)c(Cl)c2)cc(Cl)c1OC(=O)c1ccc(OC)cc1. The molecule has 3 aromatic rings. The van der Waals surface area contributed by atoms with Crippen LogP contribution in [0.3, 0.4) is 0 Å². The molecule has 3 rings (SSSR count). The molecule has 1 N–H and O–H groups in total. The van der Waals surface area contributed by atoms with E-state index >= 15 is 0 Å². The molecular formula is C26H19Cl3N2O5. The summed E-state index contributed by atoms with van der Waals surface area (Å²) in [4.78, 5) is 25.3. The van der Waals surface area contributed by atoms with Crippen molar-refractivity contribution >= 4 is 58.4 Å². The van der Waals surface area contributed by atoms with E-state index in [1.165, 1.54) is 37.5 Å². The molecule has 0 aliphatic rings. The van der Waals surface area contributed by atoms with Crippen LogP contribution in [0.2, 0.25) is 15.1 Å². The van der Waals surface area contributed by atoms with Crippen molar-refractivity contribution in [3.8, 4) is 23.3 Å². The van der Waals surface area contributed by atoms with E-state index in [2.05, 4.69) is 5.32 Å². The molecule has 3 aromatic carbocycles. The Balaban J connectivity index is 1.87. The molecule has 0 aliphatic carbocycles. The summed E-state index contributed by atoms with van der Waals surface area (Å²) in [6.07, 6.45) is 1.33. The van der Waals surface area contributed by atoms with Gasteiger partial charge in [-0.05, 0) is 73.2 Å². The van der Waals surface area contributed by atoms with Crippen LogP contribution in [0.4, 0.5) is 5.69 Å². The van der Waals surface area contributed by atoms with Gasteiger partial charge in [0.05, 0.1) is 34.3 Å². The van der Waals surface area contributed by atoms with Crippen molar-refractivity contribution in [3.05, 3.63) is 86.4 Å². The number of amides is 1. The van der Waals surface area contributed by atoms with Crippen molar-refractivity contribution in [2.45, 2.75) is 6.92 Å². The van der Waals surface area contributed by atoms with Crippen LogP contribution in [0.15, 0.2) is 60.2 Å². The lowest BCUT2D eigenvalue weighted by atomic mass is 10.1. The van der Waals surface area contributed by atoms with Gasteiger partial charge in [-0.25, -0.2) is 4.79 Å². The molecule has 0 bridgehead atoms. The molecule has 1 amide bonds. The Hall–Kier alpha value is -3.70. The van der Waals surface area contributed by atoms with Gasteiger partial charge in [0, 0.05) is 5.69 Å². The fourth-order valence-electron chi connectivity index (χ4n) is 3.00. The van der Waals surface area contributed by atoms with Crippen molar-refractivity contribution in [2.24, 2.45) is 0 Å². The molecule has 0 atom stereocenters. The molecule has 0 saturated carbocycles. The monoisotopic (exact) mass is 544 g/mol. The molecule has 36 heavy (non-hydrogen) atoms. The van der Waals surface area contributed by atoms with Gasteiger partial charge in [0.15, 0.2) is 11.5 Å². The van der Waals surface area contributed by atoms with Crippen LogP contribution in [0.5, 0.6) is 17.2 Å². The zero-order valence-corrected chi connectivity index (χ0v) is 21.4. The lowest BCUT2D eigenvalue weighted by Crippen LogP contribution is -2.13. The third kappa shape index (κ3) is 6.70. The number of halogens is 3. The van der Waals surface area contributed by atoms with Gasteiger partial charge in [0.25, 0.3) is 5.91 Å². The molecule has 0 saturated heterocycles. The van der Waals surface area contributed by atoms with E-state index < -0.39 is 11.9 Å². The summed E-state index contributed by atoms with van der Waals surface area (Å²) < 4.78 is 16.2. The zero-order chi connectivity index (χ0) is 26.2. The molecular weight excluding hydrogens is 527 g/mol. The van der Waals surface area contributed by atoms with Crippen molar-refractivity contribution < 1.29 is 23.8 Å². The first-order chi connectivity index (χ1) is 17.2. The van der Waals surface area contributed by atoms with Crippen LogP contribution in [0, 0.1) is 11.3 Å². The summed E-state index contributed by atoms with van der Waals surface area (Å²) in [6.45, 7) is 2.00. The molecule has 0 fully saturated rings. The van der Waals surface area contributed by atoms with Gasteiger partial charge in [-0.15, -0.1) is 0 Å². The maximum atomic E-state index is 12.6. The Morgan fingerprint density at radius 3 is 2.33 bits per heavy atom. The first-order valence-electron chi connectivity index (χ1n) is 10.5. The van der Waals surface area contributed by atoms with Crippen LogP contribution in [-0.2, 0) is 4.79 Å². The summed E-state index contributed by atoms with van der Waals surface area (Å²) in [5.74, 6) is -0.551. The van der Waals surface area contributed by atoms with E-state index in [-0.39, 0.29) is 39.3 Å². The maximum Gasteiger partial charge on any atom is 0.343 e. The minimum atomic E-state index is -0.667. The van der Waals surface area contributed by atoms with E-state index in [0.29, 0.717) is 22.0 Å². The highest BCUT2D eigenvalue weighted by Crippen LogP contribution is 2.38. The Bertz CT molecular complexity index is 1370. The third-order valence-corrected chi connectivity index (χ3v) is 5.73. The van der Waals surface area contributed by atoms with Crippen molar-refractivity contribution in [1.82, 2.24) is 0 Å². The van der Waals surface area contributed by atoms with E-state index in [1.54, 1.807) is 37.3 Å². The maximum absolute atomic E-state index is 12.6. The molecule has 0 aliphatic heterocycles. The molecule has 0 aromatic heterocycles. The number of benzene rings is 3. The van der Waals surface area contributed by atoms with Gasteiger partial charge in [0.1, 0.15) is 17.4 Å². The number of nitriles is 1. The Labute approximate surface area is 222 Å². The summed E-state index contributed by atoms with van der Waals surface area (Å²) in [5.41, 5.74) is 0.824. The fourth-order valence-corrected chi connectivity index (χ4v) is 3.56. The zero-order valence-electron chi connectivity index (χ0n) is 19.1. The second-order valence-corrected chi connectivity index (χ2v) is 8.36. The fraction of sp³-hybridized carbons (Fsp3) is 0.115. The predicted molar refractivity (Wildman–Crippen MR) is 139 cm³/mol. The standard InChI is InChI=1S/C26H19Cl3N2O5/c1-3-35-23-12-15(10-17(14-30)25(32)31-18-6-9-20(27)21(28)13-18)11-22(29)24(23)36-26(33)16-4-7-19(34-2)8-5-16/h4-13H,3H2,1-2H3,(H,31,32)/b17-10+. The number of rotatable bonds is 8. The Morgan fingerprint density at radius 2 is 1.72 bits per heavy atom. The van der Waals surface area contributed by atoms with E-state index in [4.69, 9.17) is 49.0 Å². The normalized spacial score (nSPS) is 10.8. The van der Waals surface area contributed by atoms with Crippen molar-refractivity contribution in [3.63, 3.8) is 0 Å². The number of hydrogen-bond acceptors (Lipinski definition) is 6. The van der Waals surface area contributed by atoms with Gasteiger partial charge in [-0.2, -0.15) is 5.26 Å². The minimum Gasteiger partial charge on any atom is -0.497 e. The number of ether oxygens (including phenoxy) is 3. The molecule has 7 nitrogen and oxygen atoms in total. The summed E-state index contributed by atoms with van der Waals surface area (Å²) in [5, 5.41) is 12.8. The van der Waals surface area contributed by atoms with E-state index in [9.17, 15) is 14.9 Å². The first-order valence-corrected chi connectivity index (χ1v) is 11.6. The van der Waals surface area contributed by atoms with E-state index in [0.717, 1.165) is 0 Å². The van der Waals surface area contributed by atoms with Gasteiger partial charge >= 0.3 is 5.97 Å². The van der Waals surface area contributed by atoms with Crippen LogP contribution >= 0.6 is 34.8 Å². The van der Waals surface area contributed by atoms with Gasteiger partial charge < -0.3 is 19.5 Å². The van der Waals surface area contributed by atoms with Crippen molar-refractivity contribution in [2.75, 3.05) is 19.0 Å². The Kier molecular flexibility index (Phi) is 9.20. The average Bonchev–Trinajstić information content (AvgIpc) is 2.86. The number of carbonyl (C=O) groups excluding carboxylic acids is 2. The topological polar surface area (TPSA) is 97.6 Å². The van der Waals surface area contributed by atoms with Gasteiger partial charge in [0.2, 0.25) is 0 Å². The molecule has 10 heteroatoms. The second-order valence-electron chi connectivity index (χ2n) is 7.13. The largest absolute Gasteiger partial charge is 0.497 e. The van der Waals surface area contributed by atoms with Gasteiger partial charge in [-0.1, -0.05) is 34.8 Å². The molecule has 0 radical (unpaired) electrons. The number of nitrogens with one attached hydrogen (secondary N) is 1. The van der Waals surface area contributed by atoms with Crippen LogP contribution in [0.25, 0.3) is 6.08 Å². The number of methoxy groups -OCH3 is 1. The summed E-state index contributed by atoms with van der Waals surface area (Å²) in [6, 6.07) is 15.7. The van der Waals surface area contributed by atoms with Gasteiger partial charge in [-0.3, -0.25) is 4.79 Å². The first kappa shape index (κ1) is 26.9.